The lowest BCUT2D eigenvalue weighted by Gasteiger charge is -2.32. The van der Waals surface area contributed by atoms with Crippen LogP contribution in [0.25, 0.3) is 0 Å². The summed E-state index contributed by atoms with van der Waals surface area (Å²) in [6.45, 7) is 2.15. The molecule has 0 bridgehead atoms. The van der Waals surface area contributed by atoms with E-state index in [1.54, 1.807) is 6.92 Å². The second-order valence-corrected chi connectivity index (χ2v) is 4.35. The van der Waals surface area contributed by atoms with Crippen molar-refractivity contribution in [1.82, 2.24) is 10.2 Å². The first-order chi connectivity index (χ1) is 8.40. The van der Waals surface area contributed by atoms with Gasteiger partial charge in [-0.05, 0) is 32.9 Å². The van der Waals surface area contributed by atoms with Crippen LogP contribution in [0.5, 0.6) is 0 Å². The maximum atomic E-state index is 12.2. The van der Waals surface area contributed by atoms with Gasteiger partial charge in [-0.1, -0.05) is 0 Å². The number of piperidine rings is 1. The van der Waals surface area contributed by atoms with Gasteiger partial charge in [0.1, 0.15) is 0 Å². The first-order valence-electron chi connectivity index (χ1n) is 6.09. The highest BCUT2D eigenvalue weighted by atomic mass is 19.4. The Morgan fingerprint density at radius 1 is 1.39 bits per heavy atom. The summed E-state index contributed by atoms with van der Waals surface area (Å²) in [7, 11) is 0. The average molecular weight is 268 g/mol. The fraction of sp³-hybridized carbons (Fsp3) is 0.909. The molecule has 0 aromatic rings. The predicted molar refractivity (Wildman–Crippen MR) is 60.2 cm³/mol. The third kappa shape index (κ3) is 6.20. The second-order valence-electron chi connectivity index (χ2n) is 4.35. The van der Waals surface area contributed by atoms with Crippen molar-refractivity contribution in [2.24, 2.45) is 0 Å². The van der Waals surface area contributed by atoms with Crippen LogP contribution in [0.2, 0.25) is 0 Å². The van der Waals surface area contributed by atoms with Gasteiger partial charge in [-0.3, -0.25) is 9.69 Å². The zero-order valence-electron chi connectivity index (χ0n) is 10.4. The second kappa shape index (κ2) is 6.94. The highest BCUT2D eigenvalue weighted by molar-refractivity contribution is 5.71. The molecule has 0 amide bonds. The molecular weight excluding hydrogens is 249 g/mol. The van der Waals surface area contributed by atoms with Crippen LogP contribution in [0, 0.1) is 0 Å². The minimum absolute atomic E-state index is 0.0962. The highest BCUT2D eigenvalue weighted by Gasteiger charge is 2.32. The van der Waals surface area contributed by atoms with Gasteiger partial charge in [-0.25, -0.2) is 0 Å². The van der Waals surface area contributed by atoms with Gasteiger partial charge in [0.25, 0.3) is 0 Å². The SMILES string of the molecule is CCOC(=O)CNC1CCN(CC(F)(F)F)CC1. The molecule has 1 rings (SSSR count). The van der Waals surface area contributed by atoms with Crippen molar-refractivity contribution in [2.75, 3.05) is 32.8 Å². The normalized spacial score (nSPS) is 18.9. The summed E-state index contributed by atoms with van der Waals surface area (Å²) < 4.78 is 41.2. The van der Waals surface area contributed by atoms with Crippen molar-refractivity contribution < 1.29 is 22.7 Å². The van der Waals surface area contributed by atoms with Crippen LogP contribution in [0.4, 0.5) is 13.2 Å². The van der Waals surface area contributed by atoms with E-state index < -0.39 is 12.7 Å². The Bertz CT molecular complexity index is 264. The van der Waals surface area contributed by atoms with Gasteiger partial charge in [-0.15, -0.1) is 0 Å². The maximum Gasteiger partial charge on any atom is 0.401 e. The molecule has 0 aromatic carbocycles. The first kappa shape index (κ1) is 15.2. The molecule has 0 atom stereocenters. The molecule has 1 saturated heterocycles. The Morgan fingerprint density at radius 3 is 2.50 bits per heavy atom. The van der Waals surface area contributed by atoms with Crippen molar-refractivity contribution in [3.8, 4) is 0 Å². The summed E-state index contributed by atoms with van der Waals surface area (Å²) in [4.78, 5) is 12.5. The molecule has 1 N–H and O–H groups in total. The van der Waals surface area contributed by atoms with Crippen LogP contribution in [-0.2, 0) is 9.53 Å². The van der Waals surface area contributed by atoms with Gasteiger partial charge < -0.3 is 10.1 Å². The first-order valence-corrected chi connectivity index (χ1v) is 6.09. The molecule has 1 aliphatic rings. The van der Waals surface area contributed by atoms with Crippen LogP contribution in [-0.4, -0.2) is 55.9 Å². The molecule has 1 aliphatic heterocycles. The molecule has 4 nitrogen and oxygen atoms in total. The number of carbonyl (C=O) groups excluding carboxylic acids is 1. The minimum atomic E-state index is -4.13. The molecule has 1 fully saturated rings. The topological polar surface area (TPSA) is 41.6 Å². The highest BCUT2D eigenvalue weighted by Crippen LogP contribution is 2.19. The standard InChI is InChI=1S/C11H19F3N2O2/c1-2-18-10(17)7-15-9-3-5-16(6-4-9)8-11(12,13)14/h9,15H,2-8H2,1H3. The lowest BCUT2D eigenvalue weighted by molar-refractivity contribution is -0.148. The van der Waals surface area contributed by atoms with E-state index in [2.05, 4.69) is 5.32 Å². The van der Waals surface area contributed by atoms with E-state index in [4.69, 9.17) is 4.74 Å². The molecule has 0 saturated carbocycles. The average Bonchev–Trinajstić information content (AvgIpc) is 2.26. The zero-order valence-corrected chi connectivity index (χ0v) is 10.4. The molecule has 106 valence electrons. The van der Waals surface area contributed by atoms with E-state index in [0.717, 1.165) is 0 Å². The van der Waals surface area contributed by atoms with Gasteiger partial charge in [0.2, 0.25) is 0 Å². The quantitative estimate of drug-likeness (QED) is 0.760. The number of alkyl halides is 3. The summed E-state index contributed by atoms with van der Waals surface area (Å²) in [5.74, 6) is -0.324. The van der Waals surface area contributed by atoms with Crippen LogP contribution in [0.3, 0.4) is 0 Å². The Kier molecular flexibility index (Phi) is 5.87. The molecule has 1 heterocycles. The number of ether oxygens (including phenoxy) is 1. The third-order valence-electron chi connectivity index (χ3n) is 2.83. The fourth-order valence-electron chi connectivity index (χ4n) is 1.99. The van der Waals surface area contributed by atoms with Gasteiger partial charge in [0, 0.05) is 6.04 Å². The third-order valence-corrected chi connectivity index (χ3v) is 2.83. The number of hydrogen-bond acceptors (Lipinski definition) is 4. The van der Waals surface area contributed by atoms with Gasteiger partial charge in [0.05, 0.1) is 19.7 Å². The van der Waals surface area contributed by atoms with Gasteiger partial charge in [0.15, 0.2) is 0 Å². The zero-order chi connectivity index (χ0) is 13.6. The van der Waals surface area contributed by atoms with Crippen LogP contribution in [0.1, 0.15) is 19.8 Å². The monoisotopic (exact) mass is 268 g/mol. The smallest absolute Gasteiger partial charge is 0.401 e. The number of halogens is 3. The number of carbonyl (C=O) groups is 1. The van der Waals surface area contributed by atoms with Crippen molar-refractivity contribution >= 4 is 5.97 Å². The van der Waals surface area contributed by atoms with Crippen molar-refractivity contribution in [3.05, 3.63) is 0 Å². The van der Waals surface area contributed by atoms with Crippen molar-refractivity contribution in [1.29, 1.82) is 0 Å². The number of nitrogens with one attached hydrogen (secondary N) is 1. The Hall–Kier alpha value is -0.820. The number of esters is 1. The summed E-state index contributed by atoms with van der Waals surface area (Å²) >= 11 is 0. The van der Waals surface area contributed by atoms with Crippen LogP contribution < -0.4 is 5.32 Å². The number of likely N-dealkylation sites (tertiary alicyclic amines) is 1. The molecule has 0 spiro atoms. The van der Waals surface area contributed by atoms with E-state index in [9.17, 15) is 18.0 Å². The summed E-state index contributed by atoms with van der Waals surface area (Å²) in [6, 6.07) is 0.0962. The molecule has 0 aromatic heterocycles. The Morgan fingerprint density at radius 2 is 2.00 bits per heavy atom. The maximum absolute atomic E-state index is 12.2. The van der Waals surface area contributed by atoms with Crippen LogP contribution >= 0.6 is 0 Å². The lowest BCUT2D eigenvalue weighted by atomic mass is 10.1. The van der Waals surface area contributed by atoms with Crippen molar-refractivity contribution in [2.45, 2.75) is 32.0 Å². The summed E-state index contributed by atoms with van der Waals surface area (Å²) in [6.07, 6.45) is -2.89. The largest absolute Gasteiger partial charge is 0.465 e. The number of hydrogen-bond donors (Lipinski definition) is 1. The van der Waals surface area contributed by atoms with Crippen LogP contribution in [0.15, 0.2) is 0 Å². The number of nitrogens with zero attached hydrogens (tertiary/aromatic N) is 1. The molecule has 0 aliphatic carbocycles. The lowest BCUT2D eigenvalue weighted by Crippen LogP contribution is -2.46. The summed E-state index contributed by atoms with van der Waals surface area (Å²) in [5.41, 5.74) is 0. The number of rotatable bonds is 5. The van der Waals surface area contributed by atoms with E-state index in [-0.39, 0.29) is 18.6 Å². The van der Waals surface area contributed by atoms with E-state index in [0.29, 0.717) is 32.5 Å². The van der Waals surface area contributed by atoms with E-state index in [1.165, 1.54) is 4.90 Å². The Labute approximate surface area is 104 Å². The molecule has 7 heteroatoms. The predicted octanol–water partition coefficient (Wildman–Crippen LogP) is 1.17. The molecule has 0 radical (unpaired) electrons. The van der Waals surface area contributed by atoms with Gasteiger partial charge in [-0.2, -0.15) is 13.2 Å². The fourth-order valence-corrected chi connectivity index (χ4v) is 1.99. The van der Waals surface area contributed by atoms with E-state index in [1.807, 2.05) is 0 Å². The molecule has 0 unspecified atom stereocenters. The molecular formula is C11H19F3N2O2. The van der Waals surface area contributed by atoms with Crippen molar-refractivity contribution in [3.63, 3.8) is 0 Å². The summed E-state index contributed by atoms with van der Waals surface area (Å²) in [5, 5.41) is 3.01. The van der Waals surface area contributed by atoms with Gasteiger partial charge >= 0.3 is 12.1 Å². The molecule has 18 heavy (non-hydrogen) atoms. The minimum Gasteiger partial charge on any atom is -0.465 e. The van der Waals surface area contributed by atoms with E-state index >= 15 is 0 Å². The Balaban J connectivity index is 2.17.